The molecular weight excluding hydrogens is 184 g/mol. The molecule has 1 aromatic rings. The fourth-order valence-corrected chi connectivity index (χ4v) is 1.52. The molecule has 0 saturated carbocycles. The molecule has 0 aliphatic carbocycles. The van der Waals surface area contributed by atoms with Gasteiger partial charge in [0.25, 0.3) is 0 Å². The molecular formula is C10H14O2S. The summed E-state index contributed by atoms with van der Waals surface area (Å²) in [5, 5.41) is 18.2. The van der Waals surface area contributed by atoms with Crippen molar-refractivity contribution in [3.8, 4) is 0 Å². The van der Waals surface area contributed by atoms with Crippen LogP contribution < -0.4 is 0 Å². The summed E-state index contributed by atoms with van der Waals surface area (Å²) in [5.74, 6) is 0. The van der Waals surface area contributed by atoms with Gasteiger partial charge in [-0.2, -0.15) is 0 Å². The van der Waals surface area contributed by atoms with E-state index in [9.17, 15) is 5.11 Å². The second kappa shape index (κ2) is 5.27. The van der Waals surface area contributed by atoms with Crippen LogP contribution in [0.4, 0.5) is 0 Å². The fourth-order valence-electron chi connectivity index (χ4n) is 1.12. The Hall–Kier alpha value is -0.510. The highest BCUT2D eigenvalue weighted by molar-refractivity contribution is 7.98. The first-order chi connectivity index (χ1) is 6.27. The summed E-state index contributed by atoms with van der Waals surface area (Å²) in [6, 6.07) is 7.74. The quantitative estimate of drug-likeness (QED) is 0.725. The van der Waals surface area contributed by atoms with Gasteiger partial charge in [0.1, 0.15) is 0 Å². The van der Waals surface area contributed by atoms with Crippen molar-refractivity contribution in [2.45, 2.75) is 17.4 Å². The number of rotatable bonds is 4. The molecule has 0 aliphatic heterocycles. The molecule has 0 heterocycles. The van der Waals surface area contributed by atoms with Gasteiger partial charge in [-0.1, -0.05) is 12.1 Å². The van der Waals surface area contributed by atoms with Crippen LogP contribution >= 0.6 is 11.8 Å². The molecule has 0 radical (unpaired) electrons. The third-order valence-corrected chi connectivity index (χ3v) is 2.65. The Labute approximate surface area is 82.6 Å². The van der Waals surface area contributed by atoms with Gasteiger partial charge in [-0.25, -0.2) is 0 Å². The van der Waals surface area contributed by atoms with Crippen molar-refractivity contribution in [2.75, 3.05) is 12.9 Å². The minimum atomic E-state index is -0.541. The molecule has 3 heteroatoms. The van der Waals surface area contributed by atoms with Crippen LogP contribution in [0.3, 0.4) is 0 Å². The lowest BCUT2D eigenvalue weighted by atomic mass is 10.1. The van der Waals surface area contributed by atoms with Crippen molar-refractivity contribution in [1.29, 1.82) is 0 Å². The van der Waals surface area contributed by atoms with Crippen molar-refractivity contribution in [1.82, 2.24) is 0 Å². The molecule has 1 aromatic carbocycles. The first-order valence-corrected chi connectivity index (χ1v) is 5.43. The van der Waals surface area contributed by atoms with E-state index in [1.165, 1.54) is 4.90 Å². The van der Waals surface area contributed by atoms with E-state index in [4.69, 9.17) is 5.11 Å². The highest BCUT2D eigenvalue weighted by Crippen LogP contribution is 2.20. The molecule has 72 valence electrons. The third-order valence-electron chi connectivity index (χ3n) is 1.90. The van der Waals surface area contributed by atoms with Gasteiger partial charge in [0.15, 0.2) is 0 Å². The Kier molecular flexibility index (Phi) is 4.28. The lowest BCUT2D eigenvalue weighted by Gasteiger charge is -2.09. The highest BCUT2D eigenvalue weighted by atomic mass is 32.2. The zero-order valence-electron chi connectivity index (χ0n) is 7.60. The summed E-state index contributed by atoms with van der Waals surface area (Å²) in [5.41, 5.74) is 0.867. The van der Waals surface area contributed by atoms with Crippen LogP contribution in [0.15, 0.2) is 29.2 Å². The number of thioether (sulfide) groups is 1. The van der Waals surface area contributed by atoms with Crippen molar-refractivity contribution < 1.29 is 10.2 Å². The maximum atomic E-state index is 9.52. The molecule has 0 spiro atoms. The van der Waals surface area contributed by atoms with Crippen LogP contribution in [-0.4, -0.2) is 23.1 Å². The smallest absolute Gasteiger partial charge is 0.0811 e. The second-order valence-corrected chi connectivity index (χ2v) is 3.68. The molecule has 2 N–H and O–H groups in total. The minimum Gasteiger partial charge on any atom is -0.396 e. The highest BCUT2D eigenvalue weighted by Gasteiger charge is 2.05. The van der Waals surface area contributed by atoms with Crippen LogP contribution in [0.2, 0.25) is 0 Å². The SMILES string of the molecule is CSc1ccc([C@H](O)CCO)cc1. The second-order valence-electron chi connectivity index (χ2n) is 2.80. The Morgan fingerprint density at radius 1 is 1.31 bits per heavy atom. The van der Waals surface area contributed by atoms with Crippen LogP contribution in [0.25, 0.3) is 0 Å². The Bertz CT molecular complexity index is 246. The largest absolute Gasteiger partial charge is 0.396 e. The van der Waals surface area contributed by atoms with E-state index in [2.05, 4.69) is 0 Å². The predicted molar refractivity (Wildman–Crippen MR) is 54.9 cm³/mol. The average Bonchev–Trinajstić information content (AvgIpc) is 2.18. The summed E-state index contributed by atoms with van der Waals surface area (Å²) in [6.07, 6.45) is 1.87. The van der Waals surface area contributed by atoms with Crippen molar-refractivity contribution in [2.24, 2.45) is 0 Å². The molecule has 0 unspecified atom stereocenters. The van der Waals surface area contributed by atoms with Gasteiger partial charge in [0, 0.05) is 17.9 Å². The van der Waals surface area contributed by atoms with Gasteiger partial charge < -0.3 is 10.2 Å². The Morgan fingerprint density at radius 2 is 1.92 bits per heavy atom. The molecule has 0 bridgehead atoms. The third kappa shape index (κ3) is 3.03. The zero-order chi connectivity index (χ0) is 9.68. The topological polar surface area (TPSA) is 40.5 Å². The fraction of sp³-hybridized carbons (Fsp3) is 0.400. The van der Waals surface area contributed by atoms with E-state index in [1.54, 1.807) is 11.8 Å². The van der Waals surface area contributed by atoms with Gasteiger partial charge in [-0.05, 0) is 24.0 Å². The van der Waals surface area contributed by atoms with Crippen LogP contribution in [0, 0.1) is 0 Å². The first-order valence-electron chi connectivity index (χ1n) is 4.21. The van der Waals surface area contributed by atoms with E-state index in [-0.39, 0.29) is 6.61 Å². The van der Waals surface area contributed by atoms with E-state index < -0.39 is 6.10 Å². The maximum Gasteiger partial charge on any atom is 0.0811 e. The first kappa shape index (κ1) is 10.6. The number of benzene rings is 1. The molecule has 0 fully saturated rings. The molecule has 1 rings (SSSR count). The van der Waals surface area contributed by atoms with Crippen LogP contribution in [-0.2, 0) is 0 Å². The molecule has 0 saturated heterocycles. The average molecular weight is 198 g/mol. The summed E-state index contributed by atoms with van der Waals surface area (Å²) < 4.78 is 0. The summed E-state index contributed by atoms with van der Waals surface area (Å²) >= 11 is 1.67. The van der Waals surface area contributed by atoms with Crippen LogP contribution in [0.1, 0.15) is 18.1 Å². The van der Waals surface area contributed by atoms with Gasteiger partial charge in [0.2, 0.25) is 0 Å². The minimum absolute atomic E-state index is 0.0193. The van der Waals surface area contributed by atoms with Crippen molar-refractivity contribution >= 4 is 11.8 Å². The van der Waals surface area contributed by atoms with E-state index in [0.29, 0.717) is 6.42 Å². The monoisotopic (exact) mass is 198 g/mol. The summed E-state index contributed by atoms with van der Waals surface area (Å²) in [6.45, 7) is 0.0193. The van der Waals surface area contributed by atoms with Gasteiger partial charge in [-0.3, -0.25) is 0 Å². The van der Waals surface area contributed by atoms with Gasteiger partial charge in [0.05, 0.1) is 6.10 Å². The maximum absolute atomic E-state index is 9.52. The standard InChI is InChI=1S/C10H14O2S/c1-13-9-4-2-8(3-5-9)10(12)6-7-11/h2-5,10-12H,6-7H2,1H3/t10-/m1/s1. The number of hydrogen-bond donors (Lipinski definition) is 2. The summed E-state index contributed by atoms with van der Waals surface area (Å²) in [7, 11) is 0. The summed E-state index contributed by atoms with van der Waals surface area (Å²) in [4.78, 5) is 1.18. The lowest BCUT2D eigenvalue weighted by molar-refractivity contribution is 0.134. The number of aliphatic hydroxyl groups is 2. The van der Waals surface area contributed by atoms with Crippen molar-refractivity contribution in [3.05, 3.63) is 29.8 Å². The Balaban J connectivity index is 2.67. The molecule has 0 amide bonds. The van der Waals surface area contributed by atoms with Gasteiger partial charge >= 0.3 is 0 Å². The molecule has 13 heavy (non-hydrogen) atoms. The molecule has 1 atom stereocenters. The molecule has 0 aromatic heterocycles. The van der Waals surface area contributed by atoms with E-state index in [0.717, 1.165) is 5.56 Å². The zero-order valence-corrected chi connectivity index (χ0v) is 8.42. The van der Waals surface area contributed by atoms with Gasteiger partial charge in [-0.15, -0.1) is 11.8 Å². The van der Waals surface area contributed by atoms with E-state index >= 15 is 0 Å². The van der Waals surface area contributed by atoms with Crippen LogP contribution in [0.5, 0.6) is 0 Å². The Morgan fingerprint density at radius 3 is 2.38 bits per heavy atom. The molecule has 0 aliphatic rings. The lowest BCUT2D eigenvalue weighted by Crippen LogP contribution is -1.99. The molecule has 2 nitrogen and oxygen atoms in total. The van der Waals surface area contributed by atoms with E-state index in [1.807, 2.05) is 30.5 Å². The predicted octanol–water partition coefficient (Wildman–Crippen LogP) is 1.82. The van der Waals surface area contributed by atoms with Crippen molar-refractivity contribution in [3.63, 3.8) is 0 Å². The normalized spacial score (nSPS) is 12.8. The number of hydrogen-bond acceptors (Lipinski definition) is 3. The number of aliphatic hydroxyl groups excluding tert-OH is 2.